The van der Waals surface area contributed by atoms with E-state index in [1.165, 1.54) is 6.26 Å². The molecule has 0 aliphatic carbocycles. The molecular formula is C16H20N4O3S. The molecule has 2 amide bonds. The standard InChI is InChI=1S/C16H20N4O3S/c1-3-12-9-24-15(17-12)11-5-4-6-20(7-11)16(22)14(21)18-13-10(2)8-23-19-13/h8-9,11H,3-7H2,1-2H3,(H,18,19,21)/t11-/m0/s1. The number of aromatic nitrogens is 2. The van der Waals surface area contributed by atoms with E-state index in [1.807, 2.05) is 0 Å². The highest BCUT2D eigenvalue weighted by atomic mass is 32.1. The summed E-state index contributed by atoms with van der Waals surface area (Å²) >= 11 is 1.64. The van der Waals surface area contributed by atoms with Crippen LogP contribution in [-0.4, -0.2) is 39.9 Å². The Morgan fingerprint density at radius 3 is 3.00 bits per heavy atom. The van der Waals surface area contributed by atoms with Crippen LogP contribution in [0.2, 0.25) is 0 Å². The highest BCUT2D eigenvalue weighted by Crippen LogP contribution is 2.29. The van der Waals surface area contributed by atoms with Gasteiger partial charge in [-0.05, 0) is 26.2 Å². The molecule has 3 rings (SSSR count). The molecule has 7 nitrogen and oxygen atoms in total. The van der Waals surface area contributed by atoms with Gasteiger partial charge in [-0.3, -0.25) is 14.9 Å². The van der Waals surface area contributed by atoms with Gasteiger partial charge in [0.05, 0.1) is 10.7 Å². The van der Waals surface area contributed by atoms with Gasteiger partial charge >= 0.3 is 11.8 Å². The second-order valence-electron chi connectivity index (χ2n) is 5.92. The molecule has 1 aliphatic heterocycles. The molecule has 0 saturated carbocycles. The van der Waals surface area contributed by atoms with E-state index in [9.17, 15) is 9.59 Å². The zero-order chi connectivity index (χ0) is 17.1. The Bertz CT molecular complexity index is 739. The minimum Gasteiger partial charge on any atom is -0.362 e. The molecular weight excluding hydrogens is 328 g/mol. The molecule has 1 saturated heterocycles. The summed E-state index contributed by atoms with van der Waals surface area (Å²) in [6.45, 7) is 4.94. The number of hydrogen-bond donors (Lipinski definition) is 1. The van der Waals surface area contributed by atoms with Crippen molar-refractivity contribution in [2.24, 2.45) is 0 Å². The number of amides is 2. The van der Waals surface area contributed by atoms with Crippen molar-refractivity contribution in [2.75, 3.05) is 18.4 Å². The molecule has 0 unspecified atom stereocenters. The first-order valence-electron chi connectivity index (χ1n) is 8.04. The molecule has 0 radical (unpaired) electrons. The Kier molecular flexibility index (Phi) is 4.94. The van der Waals surface area contributed by atoms with Crippen LogP contribution in [0.25, 0.3) is 0 Å². The van der Waals surface area contributed by atoms with Gasteiger partial charge in [-0.2, -0.15) is 0 Å². The number of anilines is 1. The third-order valence-corrected chi connectivity index (χ3v) is 5.22. The van der Waals surface area contributed by atoms with E-state index in [1.54, 1.807) is 23.2 Å². The summed E-state index contributed by atoms with van der Waals surface area (Å²) in [5.41, 5.74) is 1.76. The largest absolute Gasteiger partial charge is 0.362 e. The number of hydrogen-bond acceptors (Lipinski definition) is 6. The van der Waals surface area contributed by atoms with Crippen LogP contribution < -0.4 is 5.32 Å². The molecule has 8 heteroatoms. The number of thiazole rings is 1. The number of piperidine rings is 1. The molecule has 0 aromatic carbocycles. The van der Waals surface area contributed by atoms with Crippen molar-refractivity contribution >= 4 is 29.0 Å². The lowest BCUT2D eigenvalue weighted by Crippen LogP contribution is -2.44. The van der Waals surface area contributed by atoms with Crippen LogP contribution in [0.1, 0.15) is 41.9 Å². The Labute approximate surface area is 144 Å². The first kappa shape index (κ1) is 16.6. The molecule has 1 N–H and O–H groups in total. The van der Waals surface area contributed by atoms with Gasteiger partial charge < -0.3 is 9.42 Å². The molecule has 128 valence electrons. The van der Waals surface area contributed by atoms with Crippen molar-refractivity contribution < 1.29 is 14.1 Å². The quantitative estimate of drug-likeness (QED) is 0.860. The Balaban J connectivity index is 1.64. The molecule has 24 heavy (non-hydrogen) atoms. The van der Waals surface area contributed by atoms with Crippen LogP contribution in [0, 0.1) is 6.92 Å². The fourth-order valence-corrected chi connectivity index (χ4v) is 3.78. The summed E-state index contributed by atoms with van der Waals surface area (Å²) in [5.74, 6) is -0.723. The van der Waals surface area contributed by atoms with Gasteiger partial charge in [-0.25, -0.2) is 4.98 Å². The van der Waals surface area contributed by atoms with Crippen molar-refractivity contribution in [2.45, 2.75) is 39.0 Å². The number of likely N-dealkylation sites (tertiary alicyclic amines) is 1. The highest BCUT2D eigenvalue weighted by molar-refractivity contribution is 7.09. The predicted octanol–water partition coefficient (Wildman–Crippen LogP) is 2.35. The van der Waals surface area contributed by atoms with E-state index >= 15 is 0 Å². The van der Waals surface area contributed by atoms with Gasteiger partial charge in [0.25, 0.3) is 0 Å². The van der Waals surface area contributed by atoms with Crippen LogP contribution >= 0.6 is 11.3 Å². The Morgan fingerprint density at radius 1 is 1.50 bits per heavy atom. The average molecular weight is 348 g/mol. The van der Waals surface area contributed by atoms with Crippen LogP contribution in [-0.2, 0) is 16.0 Å². The normalized spacial score (nSPS) is 17.8. The third kappa shape index (κ3) is 3.48. The van der Waals surface area contributed by atoms with Crippen LogP contribution in [0.15, 0.2) is 16.2 Å². The summed E-state index contributed by atoms with van der Waals surface area (Å²) in [7, 11) is 0. The van der Waals surface area contributed by atoms with E-state index in [-0.39, 0.29) is 11.7 Å². The lowest BCUT2D eigenvalue weighted by molar-refractivity contribution is -0.144. The summed E-state index contributed by atoms with van der Waals surface area (Å²) in [6.07, 6.45) is 4.19. The molecule has 2 aromatic rings. The number of aryl methyl sites for hydroxylation is 2. The lowest BCUT2D eigenvalue weighted by atomic mass is 9.98. The first-order valence-corrected chi connectivity index (χ1v) is 8.92. The predicted molar refractivity (Wildman–Crippen MR) is 89.9 cm³/mol. The number of nitrogens with zero attached hydrogens (tertiary/aromatic N) is 3. The third-order valence-electron chi connectivity index (χ3n) is 4.16. The van der Waals surface area contributed by atoms with Crippen LogP contribution in [0.3, 0.4) is 0 Å². The van der Waals surface area contributed by atoms with E-state index in [0.29, 0.717) is 18.7 Å². The van der Waals surface area contributed by atoms with Gasteiger partial charge in [0.2, 0.25) is 0 Å². The maximum atomic E-state index is 12.4. The second-order valence-corrected chi connectivity index (χ2v) is 6.81. The Hall–Kier alpha value is -2.22. The summed E-state index contributed by atoms with van der Waals surface area (Å²) in [5, 5.41) is 9.30. The minimum absolute atomic E-state index is 0.203. The summed E-state index contributed by atoms with van der Waals surface area (Å²) < 4.78 is 4.76. The van der Waals surface area contributed by atoms with E-state index in [4.69, 9.17) is 4.52 Å². The van der Waals surface area contributed by atoms with Gasteiger partial charge in [0.15, 0.2) is 5.82 Å². The Morgan fingerprint density at radius 2 is 2.33 bits per heavy atom. The van der Waals surface area contributed by atoms with Crippen molar-refractivity contribution in [3.63, 3.8) is 0 Å². The fraction of sp³-hybridized carbons (Fsp3) is 0.500. The van der Waals surface area contributed by atoms with E-state index in [0.717, 1.165) is 30.0 Å². The average Bonchev–Trinajstić information content (AvgIpc) is 3.24. The molecule has 3 heterocycles. The second kappa shape index (κ2) is 7.12. The van der Waals surface area contributed by atoms with Crippen molar-refractivity contribution in [1.82, 2.24) is 15.0 Å². The fourth-order valence-electron chi connectivity index (χ4n) is 2.75. The molecule has 2 aromatic heterocycles. The van der Waals surface area contributed by atoms with Crippen molar-refractivity contribution in [3.05, 3.63) is 27.9 Å². The lowest BCUT2D eigenvalue weighted by Gasteiger charge is -2.31. The highest BCUT2D eigenvalue weighted by Gasteiger charge is 2.30. The minimum atomic E-state index is -0.680. The number of rotatable bonds is 3. The van der Waals surface area contributed by atoms with E-state index < -0.39 is 11.8 Å². The maximum Gasteiger partial charge on any atom is 0.315 e. The number of nitrogens with one attached hydrogen (secondary N) is 1. The molecule has 1 fully saturated rings. The molecule has 1 atom stereocenters. The molecule has 0 bridgehead atoms. The summed E-state index contributed by atoms with van der Waals surface area (Å²) in [4.78, 5) is 30.8. The van der Waals surface area contributed by atoms with Gasteiger partial charge in [-0.15, -0.1) is 11.3 Å². The monoisotopic (exact) mass is 348 g/mol. The smallest absolute Gasteiger partial charge is 0.315 e. The topological polar surface area (TPSA) is 88.3 Å². The number of carbonyl (C=O) groups is 2. The van der Waals surface area contributed by atoms with Gasteiger partial charge in [0.1, 0.15) is 6.26 Å². The van der Waals surface area contributed by atoms with Crippen molar-refractivity contribution in [1.29, 1.82) is 0 Å². The molecule has 1 aliphatic rings. The number of carbonyl (C=O) groups excluding carboxylic acids is 2. The van der Waals surface area contributed by atoms with Gasteiger partial charge in [-0.1, -0.05) is 12.1 Å². The molecule has 0 spiro atoms. The van der Waals surface area contributed by atoms with Crippen LogP contribution in [0.5, 0.6) is 0 Å². The van der Waals surface area contributed by atoms with E-state index in [2.05, 4.69) is 27.8 Å². The van der Waals surface area contributed by atoms with Crippen molar-refractivity contribution in [3.8, 4) is 0 Å². The SMILES string of the molecule is CCc1csc([C@H]2CCCN(C(=O)C(=O)Nc3nocc3C)C2)n1. The first-order chi connectivity index (χ1) is 11.6. The van der Waals surface area contributed by atoms with Gasteiger partial charge in [0, 0.05) is 30.0 Å². The van der Waals surface area contributed by atoms with Crippen LogP contribution in [0.4, 0.5) is 5.82 Å². The maximum absolute atomic E-state index is 12.4. The summed E-state index contributed by atoms with van der Waals surface area (Å²) in [6, 6.07) is 0. The zero-order valence-electron chi connectivity index (χ0n) is 13.7. The zero-order valence-corrected chi connectivity index (χ0v) is 14.6.